The highest BCUT2D eigenvalue weighted by Gasteiger charge is 2.10. The summed E-state index contributed by atoms with van der Waals surface area (Å²) >= 11 is 0. The van der Waals surface area contributed by atoms with E-state index in [0.717, 1.165) is 37.7 Å². The van der Waals surface area contributed by atoms with E-state index in [1.807, 2.05) is 41.9 Å². The fourth-order valence-electron chi connectivity index (χ4n) is 5.65. The normalized spacial score (nSPS) is 11.9. The van der Waals surface area contributed by atoms with Gasteiger partial charge in [0.1, 0.15) is 7.05 Å². The van der Waals surface area contributed by atoms with Gasteiger partial charge in [-0.05, 0) is 76.9 Å². The third kappa shape index (κ3) is 13.0. The number of pyridine rings is 1. The Hall–Kier alpha value is -4.91. The summed E-state index contributed by atoms with van der Waals surface area (Å²) in [6.07, 6.45) is 19.0. The van der Waals surface area contributed by atoms with Gasteiger partial charge >= 0.3 is 0 Å². The molecule has 0 spiro atoms. The molecule has 0 aliphatic heterocycles. The number of benzene rings is 4. The molecule has 0 saturated carbocycles. The maximum Gasteiger partial charge on any atom is 0.169 e. The van der Waals surface area contributed by atoms with Crippen LogP contribution in [0.1, 0.15) is 34.7 Å². The van der Waals surface area contributed by atoms with Crippen molar-refractivity contribution in [3.05, 3.63) is 192 Å². The Morgan fingerprint density at radius 2 is 1.06 bits per heavy atom. The van der Waals surface area contributed by atoms with Crippen LogP contribution < -0.4 is 19.7 Å². The second kappa shape index (κ2) is 21.5. The molecule has 4 nitrogen and oxygen atoms in total. The van der Waals surface area contributed by atoms with Gasteiger partial charge in [-0.1, -0.05) is 137 Å². The van der Waals surface area contributed by atoms with Crippen molar-refractivity contribution < 1.29 is 4.57 Å². The first-order valence-corrected chi connectivity index (χ1v) is 20.4. The molecule has 5 rings (SSSR count). The van der Waals surface area contributed by atoms with Crippen molar-refractivity contribution in [2.75, 3.05) is 41.4 Å². The quantitative estimate of drug-likeness (QED) is 0.0395. The number of hydrogen-bond donors (Lipinski definition) is 1. The summed E-state index contributed by atoms with van der Waals surface area (Å²) in [6, 6.07) is 43.7. The topological polar surface area (TPSA) is 22.4 Å². The lowest BCUT2D eigenvalue weighted by atomic mass is 10.1. The van der Waals surface area contributed by atoms with Crippen LogP contribution in [0, 0.1) is 0 Å². The maximum atomic E-state index is 3.06. The van der Waals surface area contributed by atoms with Gasteiger partial charge in [0.15, 0.2) is 12.4 Å². The lowest BCUT2D eigenvalue weighted by molar-refractivity contribution is -0.671. The predicted molar refractivity (Wildman–Crippen MR) is 230 cm³/mol. The Labute approximate surface area is 319 Å². The summed E-state index contributed by atoms with van der Waals surface area (Å²) in [5.74, 6) is 2.09. The Bertz CT molecular complexity index is 1870. The lowest BCUT2D eigenvalue weighted by Crippen LogP contribution is -2.26. The molecule has 1 aromatic heterocycles. The summed E-state index contributed by atoms with van der Waals surface area (Å²) in [6.45, 7) is 5.79. The summed E-state index contributed by atoms with van der Waals surface area (Å²) in [5, 5.41) is 3.06. The van der Waals surface area contributed by atoms with Gasteiger partial charge in [-0.15, -0.1) is 0 Å². The molecule has 0 atom stereocenters. The Morgan fingerprint density at radius 3 is 1.52 bits per heavy atom. The van der Waals surface area contributed by atoms with E-state index in [2.05, 4.69) is 197 Å². The molecule has 52 heavy (non-hydrogen) atoms. The largest absolute Gasteiger partial charge is 0.394 e. The molecule has 0 radical (unpaired) electrons. The lowest BCUT2D eigenvalue weighted by Gasteiger charge is -2.26. The number of aromatic nitrogens is 1. The second-order valence-electron chi connectivity index (χ2n) is 12.5. The number of hydrogen-bond acceptors (Lipinski definition) is 5. The molecule has 266 valence electrons. The van der Waals surface area contributed by atoms with Crippen LogP contribution in [0.2, 0.25) is 0 Å². The number of rotatable bonds is 19. The Kier molecular flexibility index (Phi) is 15.8. The molecule has 1 N–H and O–H groups in total. The molecule has 0 unspecified atom stereocenters. The number of allylic oxidation sites excluding steroid dienone is 4. The minimum Gasteiger partial charge on any atom is -0.394 e. The minimum absolute atomic E-state index is 0.888. The van der Waals surface area contributed by atoms with Crippen LogP contribution in [0.4, 0.5) is 11.4 Å². The summed E-state index contributed by atoms with van der Waals surface area (Å²) in [4.78, 5) is 5.00. The standard InChI is InChI=1S/C46H51N4S2/c1-4-39(27-30-47-2)15-16-40-19-23-45(24-20-40)49(37-43-11-7-5-8-12-43)33-35-51-52-36-34-50(38-44-13-9-6-10-14-44)46-25-21-41(22-26-46)17-18-42-28-31-48(3)32-29-42/h4-32,47H,33-38H2,1-3H3/q+1/b16-15+,30-27-,39-4-. The molecule has 0 aliphatic rings. The van der Waals surface area contributed by atoms with Gasteiger partial charge in [0, 0.05) is 68.2 Å². The molecular weight excluding hydrogens is 673 g/mol. The molecule has 5 aromatic rings. The molecule has 0 fully saturated rings. The average molecular weight is 724 g/mol. The SMILES string of the molecule is C/C=C(\C=C/NC)/C=C/c1ccc(N(CCSSCCN(Cc2ccccc2)c2ccc(/C=C/c3cc[n+](C)cc3)cc2)Cc2ccccc2)cc1. The molecule has 0 saturated heterocycles. The molecule has 1 heterocycles. The Morgan fingerprint density at radius 1 is 0.596 bits per heavy atom. The van der Waals surface area contributed by atoms with E-state index in [1.165, 1.54) is 44.8 Å². The van der Waals surface area contributed by atoms with Crippen LogP contribution in [-0.2, 0) is 20.1 Å². The van der Waals surface area contributed by atoms with Crippen LogP contribution in [0.15, 0.2) is 164 Å². The zero-order valence-electron chi connectivity index (χ0n) is 30.6. The van der Waals surface area contributed by atoms with E-state index >= 15 is 0 Å². The number of aryl methyl sites for hydroxylation is 1. The predicted octanol–water partition coefficient (Wildman–Crippen LogP) is 10.5. The minimum atomic E-state index is 0.888. The van der Waals surface area contributed by atoms with Crippen molar-refractivity contribution in [2.24, 2.45) is 7.05 Å². The third-order valence-electron chi connectivity index (χ3n) is 8.64. The van der Waals surface area contributed by atoms with E-state index in [-0.39, 0.29) is 0 Å². The summed E-state index contributed by atoms with van der Waals surface area (Å²) in [7, 11) is 7.90. The van der Waals surface area contributed by atoms with Crippen LogP contribution in [-0.4, -0.2) is 31.6 Å². The molecule has 4 aromatic carbocycles. The van der Waals surface area contributed by atoms with Gasteiger partial charge in [-0.25, -0.2) is 4.57 Å². The molecule has 6 heteroatoms. The van der Waals surface area contributed by atoms with E-state index < -0.39 is 0 Å². The van der Waals surface area contributed by atoms with Gasteiger partial charge in [-0.2, -0.15) is 0 Å². The number of nitrogens with zero attached hydrogens (tertiary/aromatic N) is 3. The smallest absolute Gasteiger partial charge is 0.169 e. The van der Waals surface area contributed by atoms with Crippen molar-refractivity contribution >= 4 is 51.2 Å². The molecule has 0 aliphatic carbocycles. The number of anilines is 2. The van der Waals surface area contributed by atoms with E-state index in [1.54, 1.807) is 0 Å². The zero-order chi connectivity index (χ0) is 36.2. The van der Waals surface area contributed by atoms with Crippen LogP contribution in [0.5, 0.6) is 0 Å². The van der Waals surface area contributed by atoms with Crippen molar-refractivity contribution in [1.82, 2.24) is 5.32 Å². The fourth-order valence-corrected chi connectivity index (χ4v) is 7.63. The first-order chi connectivity index (χ1) is 25.6. The highest BCUT2D eigenvalue weighted by atomic mass is 33.1. The van der Waals surface area contributed by atoms with Crippen LogP contribution >= 0.6 is 21.6 Å². The van der Waals surface area contributed by atoms with Crippen molar-refractivity contribution in [2.45, 2.75) is 20.0 Å². The van der Waals surface area contributed by atoms with Gasteiger partial charge in [0.25, 0.3) is 0 Å². The molecule has 0 bridgehead atoms. The van der Waals surface area contributed by atoms with Gasteiger partial charge in [0.2, 0.25) is 0 Å². The highest BCUT2D eigenvalue weighted by Crippen LogP contribution is 2.26. The van der Waals surface area contributed by atoms with Gasteiger partial charge in [-0.3, -0.25) is 0 Å². The average Bonchev–Trinajstić information content (AvgIpc) is 3.19. The van der Waals surface area contributed by atoms with Crippen molar-refractivity contribution in [3.8, 4) is 0 Å². The van der Waals surface area contributed by atoms with E-state index in [0.29, 0.717) is 0 Å². The number of nitrogens with one attached hydrogen (secondary N) is 1. The monoisotopic (exact) mass is 723 g/mol. The first-order valence-electron chi connectivity index (χ1n) is 17.9. The Balaban J connectivity index is 1.17. The highest BCUT2D eigenvalue weighted by molar-refractivity contribution is 8.76. The van der Waals surface area contributed by atoms with Crippen LogP contribution in [0.3, 0.4) is 0 Å². The third-order valence-corrected chi connectivity index (χ3v) is 11.0. The zero-order valence-corrected chi connectivity index (χ0v) is 32.3. The van der Waals surface area contributed by atoms with Gasteiger partial charge < -0.3 is 15.1 Å². The van der Waals surface area contributed by atoms with E-state index in [9.17, 15) is 0 Å². The molecule has 0 amide bonds. The second-order valence-corrected chi connectivity index (χ2v) is 15.2. The van der Waals surface area contributed by atoms with Crippen LogP contribution in [0.25, 0.3) is 18.2 Å². The van der Waals surface area contributed by atoms with Gasteiger partial charge in [0.05, 0.1) is 0 Å². The van der Waals surface area contributed by atoms with Crippen molar-refractivity contribution in [1.29, 1.82) is 0 Å². The van der Waals surface area contributed by atoms with Crippen molar-refractivity contribution in [3.63, 3.8) is 0 Å². The first kappa shape index (κ1) is 38.3. The summed E-state index contributed by atoms with van der Waals surface area (Å²) < 4.78 is 2.05. The summed E-state index contributed by atoms with van der Waals surface area (Å²) in [5.41, 5.74) is 9.91. The van der Waals surface area contributed by atoms with E-state index in [4.69, 9.17) is 0 Å². The molecular formula is C46H51N4S2+. The fraction of sp³-hybridized carbons (Fsp3) is 0.196. The maximum absolute atomic E-state index is 3.06.